The lowest BCUT2D eigenvalue weighted by Gasteiger charge is -2.20. The van der Waals surface area contributed by atoms with E-state index in [1.54, 1.807) is 6.92 Å². The van der Waals surface area contributed by atoms with Gasteiger partial charge in [-0.15, -0.1) is 11.6 Å². The summed E-state index contributed by atoms with van der Waals surface area (Å²) >= 11 is 5.32. The first-order chi connectivity index (χ1) is 7.60. The molecule has 0 rings (SSSR count). The average molecular weight is 296 g/mol. The molecule has 106 valence electrons. The zero-order chi connectivity index (χ0) is 14.1. The summed E-state index contributed by atoms with van der Waals surface area (Å²) in [4.78, 5) is 16.2. The molecular weight excluding hydrogens is 277 g/mol. The molecule has 0 fully saturated rings. The number of aliphatic hydroxyl groups is 3. The van der Waals surface area contributed by atoms with E-state index in [0.717, 1.165) is 0 Å². The van der Waals surface area contributed by atoms with Crippen LogP contribution in [0.2, 0.25) is 0 Å². The number of aliphatic hydroxyl groups excluding tert-OH is 3. The molecule has 17 heavy (non-hydrogen) atoms. The van der Waals surface area contributed by atoms with Gasteiger partial charge in [0.1, 0.15) is 0 Å². The predicted molar refractivity (Wildman–Crippen MR) is 61.5 cm³/mol. The van der Waals surface area contributed by atoms with Crippen molar-refractivity contribution < 1.29 is 34.2 Å². The summed E-state index contributed by atoms with van der Waals surface area (Å²) in [5.41, 5.74) is 3.94. The topological polar surface area (TPSA) is 153 Å². The van der Waals surface area contributed by atoms with Crippen molar-refractivity contribution >= 4 is 19.4 Å². The Balaban J connectivity index is 0. The molecule has 7 N–H and O–H groups in total. The Kier molecular flexibility index (Phi) is 10.6. The van der Waals surface area contributed by atoms with E-state index in [0.29, 0.717) is 0 Å². The first kappa shape index (κ1) is 19.6. The monoisotopic (exact) mass is 295 g/mol. The maximum atomic E-state index is 9.95. The Bertz CT molecular complexity index is 222. The van der Waals surface area contributed by atoms with Crippen molar-refractivity contribution in [3.63, 3.8) is 0 Å². The third-order valence-corrected chi connectivity index (χ3v) is 2.03. The van der Waals surface area contributed by atoms with Gasteiger partial charge < -0.3 is 30.8 Å². The van der Waals surface area contributed by atoms with Crippen LogP contribution in [-0.4, -0.2) is 62.4 Å². The van der Waals surface area contributed by atoms with Crippen LogP contribution >= 0.6 is 19.4 Å². The van der Waals surface area contributed by atoms with Gasteiger partial charge in [0.2, 0.25) is 0 Å². The van der Waals surface area contributed by atoms with Crippen LogP contribution in [0.1, 0.15) is 6.92 Å². The Morgan fingerprint density at radius 2 is 1.65 bits per heavy atom. The number of nitrogens with two attached hydrogens (primary N) is 1. The molecule has 8 nitrogen and oxygen atoms in total. The molecule has 0 aromatic heterocycles. The molecule has 0 saturated heterocycles. The highest BCUT2D eigenvalue weighted by atomic mass is 35.5. The second-order valence-corrected chi connectivity index (χ2v) is 5.39. The molecule has 0 radical (unpaired) electrons. The van der Waals surface area contributed by atoms with Crippen LogP contribution in [0.3, 0.4) is 0 Å². The molecule has 0 heterocycles. The van der Waals surface area contributed by atoms with E-state index in [9.17, 15) is 4.57 Å². The SMILES string of the molecule is CC(Cl)COP(=O)(O)O.NC(CO)(CO)CO. The van der Waals surface area contributed by atoms with Gasteiger partial charge in [-0.1, -0.05) is 0 Å². The molecule has 0 saturated carbocycles. The van der Waals surface area contributed by atoms with Gasteiger partial charge in [-0.25, -0.2) is 4.57 Å². The van der Waals surface area contributed by atoms with E-state index in [1.165, 1.54) is 0 Å². The van der Waals surface area contributed by atoms with Crippen molar-refractivity contribution in [1.82, 2.24) is 0 Å². The molecule has 0 aromatic carbocycles. The van der Waals surface area contributed by atoms with Crippen LogP contribution in [0, 0.1) is 0 Å². The summed E-state index contributed by atoms with van der Waals surface area (Å²) in [6.07, 6.45) is 0. The Morgan fingerprint density at radius 3 is 1.71 bits per heavy atom. The van der Waals surface area contributed by atoms with Gasteiger partial charge in [0, 0.05) is 0 Å². The molecular formula is C7H19ClNO7P. The Labute approximate surface area is 104 Å². The van der Waals surface area contributed by atoms with Crippen LogP contribution in [0.25, 0.3) is 0 Å². The lowest BCUT2D eigenvalue weighted by molar-refractivity contribution is 0.0697. The lowest BCUT2D eigenvalue weighted by atomic mass is 10.1. The summed E-state index contributed by atoms with van der Waals surface area (Å²) < 4.78 is 14.0. The largest absolute Gasteiger partial charge is 0.469 e. The number of rotatable bonds is 6. The molecule has 0 bridgehead atoms. The summed E-state index contributed by atoms with van der Waals surface area (Å²) in [5, 5.41) is 24.6. The number of phosphoric ester groups is 1. The highest BCUT2D eigenvalue weighted by molar-refractivity contribution is 7.46. The molecule has 0 aliphatic heterocycles. The fraction of sp³-hybridized carbons (Fsp3) is 1.00. The van der Waals surface area contributed by atoms with Crippen LogP contribution in [0.5, 0.6) is 0 Å². The van der Waals surface area contributed by atoms with E-state index >= 15 is 0 Å². The van der Waals surface area contributed by atoms with Crippen molar-refractivity contribution in [3.8, 4) is 0 Å². The van der Waals surface area contributed by atoms with Crippen molar-refractivity contribution in [1.29, 1.82) is 0 Å². The zero-order valence-corrected chi connectivity index (χ0v) is 11.0. The maximum Gasteiger partial charge on any atom is 0.469 e. The zero-order valence-electron chi connectivity index (χ0n) is 9.36. The van der Waals surface area contributed by atoms with Gasteiger partial charge in [0.25, 0.3) is 0 Å². The molecule has 0 aliphatic rings. The van der Waals surface area contributed by atoms with E-state index in [-0.39, 0.29) is 12.0 Å². The second kappa shape index (κ2) is 9.21. The first-order valence-corrected chi connectivity index (χ1v) is 6.52. The van der Waals surface area contributed by atoms with Crippen LogP contribution in [-0.2, 0) is 9.09 Å². The molecule has 1 unspecified atom stereocenters. The van der Waals surface area contributed by atoms with Crippen LogP contribution in [0.15, 0.2) is 0 Å². The van der Waals surface area contributed by atoms with Crippen molar-refractivity contribution in [3.05, 3.63) is 0 Å². The normalized spacial score (nSPS) is 13.9. The quantitative estimate of drug-likeness (QED) is 0.252. The minimum Gasteiger partial charge on any atom is -0.394 e. The Hall–Kier alpha value is 0.240. The van der Waals surface area contributed by atoms with Crippen molar-refractivity contribution in [2.24, 2.45) is 5.73 Å². The minimum absolute atomic E-state index is 0.133. The van der Waals surface area contributed by atoms with Crippen LogP contribution in [0.4, 0.5) is 0 Å². The standard InChI is InChI=1S/C4H11NO3.C3H8ClO4P/c5-4(1-6,2-7)3-8;1-3(4)2-8-9(5,6)7/h6-8H,1-3,5H2;3H,2H2,1H3,(H2,5,6,7). The van der Waals surface area contributed by atoms with Gasteiger partial charge in [0.05, 0.1) is 37.3 Å². The minimum atomic E-state index is -4.30. The fourth-order valence-corrected chi connectivity index (χ4v) is 0.918. The summed E-state index contributed by atoms with van der Waals surface area (Å²) in [6, 6.07) is 0. The molecule has 1 atom stereocenters. The third-order valence-electron chi connectivity index (χ3n) is 1.42. The number of phosphoric acid groups is 1. The van der Waals surface area contributed by atoms with Crippen molar-refractivity contribution in [2.75, 3.05) is 26.4 Å². The van der Waals surface area contributed by atoms with Gasteiger partial charge >= 0.3 is 7.82 Å². The summed E-state index contributed by atoms with van der Waals surface area (Å²) in [6.45, 7) is 0.239. The molecule has 10 heteroatoms. The second-order valence-electron chi connectivity index (χ2n) is 3.40. The van der Waals surface area contributed by atoms with Gasteiger partial charge in [0.15, 0.2) is 0 Å². The molecule has 0 aliphatic carbocycles. The highest BCUT2D eigenvalue weighted by Crippen LogP contribution is 2.35. The number of halogens is 1. The summed E-state index contributed by atoms with van der Waals surface area (Å²) in [7, 11) is -4.30. The van der Waals surface area contributed by atoms with Gasteiger partial charge in [-0.2, -0.15) is 0 Å². The number of hydrogen-bond donors (Lipinski definition) is 6. The average Bonchev–Trinajstić information content (AvgIpc) is 2.25. The predicted octanol–water partition coefficient (Wildman–Crippen LogP) is -1.62. The highest BCUT2D eigenvalue weighted by Gasteiger charge is 2.20. The first-order valence-electron chi connectivity index (χ1n) is 4.56. The fourth-order valence-electron chi connectivity index (χ4n) is 0.350. The van der Waals surface area contributed by atoms with Crippen LogP contribution < -0.4 is 5.73 Å². The lowest BCUT2D eigenvalue weighted by Crippen LogP contribution is -2.50. The van der Waals surface area contributed by atoms with Gasteiger partial charge in [-0.05, 0) is 6.92 Å². The third kappa shape index (κ3) is 14.2. The maximum absolute atomic E-state index is 9.95. The van der Waals surface area contributed by atoms with E-state index < -0.39 is 33.2 Å². The number of alkyl halides is 1. The van der Waals surface area contributed by atoms with Crippen molar-refractivity contribution in [2.45, 2.75) is 17.8 Å². The van der Waals surface area contributed by atoms with E-state index in [4.69, 9.17) is 42.4 Å². The smallest absolute Gasteiger partial charge is 0.394 e. The van der Waals surface area contributed by atoms with E-state index in [2.05, 4.69) is 4.52 Å². The number of hydrogen-bond acceptors (Lipinski definition) is 6. The van der Waals surface area contributed by atoms with Gasteiger partial charge in [-0.3, -0.25) is 4.52 Å². The molecule has 0 spiro atoms. The summed E-state index contributed by atoms with van der Waals surface area (Å²) in [5.74, 6) is 0. The Morgan fingerprint density at radius 1 is 1.29 bits per heavy atom. The molecule has 0 amide bonds. The molecule has 0 aromatic rings. The van der Waals surface area contributed by atoms with E-state index in [1.807, 2.05) is 0 Å².